The van der Waals surface area contributed by atoms with Crippen molar-refractivity contribution in [1.82, 2.24) is 4.90 Å². The van der Waals surface area contributed by atoms with Gasteiger partial charge in [0.2, 0.25) is 5.76 Å². The van der Waals surface area contributed by atoms with E-state index >= 15 is 0 Å². The number of nitro benzene ring substituents is 1. The molecule has 0 radical (unpaired) electrons. The van der Waals surface area contributed by atoms with Gasteiger partial charge in [0.15, 0.2) is 5.43 Å². The largest absolute Gasteiger partial charge is 0.450 e. The zero-order valence-electron chi connectivity index (χ0n) is 16.0. The molecule has 1 aromatic heterocycles. The van der Waals surface area contributed by atoms with Gasteiger partial charge in [-0.05, 0) is 17.7 Å². The first-order valence-electron chi connectivity index (χ1n) is 9.28. The lowest BCUT2D eigenvalue weighted by Crippen LogP contribution is -3.06. The van der Waals surface area contributed by atoms with E-state index in [1.165, 1.54) is 12.1 Å². The second-order valence-electron chi connectivity index (χ2n) is 7.38. The van der Waals surface area contributed by atoms with Crippen LogP contribution in [0.15, 0.2) is 57.7 Å². The Morgan fingerprint density at radius 1 is 1.14 bits per heavy atom. The molecule has 1 aliphatic heterocycles. The number of likely N-dealkylation sites (N-methyl/N-ethyl adjacent to an activating group) is 1. The number of hydrogen-bond donors (Lipinski definition) is 1. The molecule has 0 fully saturated rings. The molecule has 29 heavy (non-hydrogen) atoms. The van der Waals surface area contributed by atoms with Crippen LogP contribution in [-0.4, -0.2) is 42.9 Å². The van der Waals surface area contributed by atoms with E-state index in [0.29, 0.717) is 29.6 Å². The van der Waals surface area contributed by atoms with Crippen molar-refractivity contribution in [3.8, 4) is 0 Å². The highest BCUT2D eigenvalue weighted by Gasteiger charge is 2.43. The zero-order chi connectivity index (χ0) is 20.7. The molecule has 3 aromatic rings. The Bertz CT molecular complexity index is 1180. The smallest absolute Gasteiger partial charge is 0.291 e. The van der Waals surface area contributed by atoms with Crippen molar-refractivity contribution >= 4 is 22.6 Å². The molecule has 8 nitrogen and oxygen atoms in total. The quantitative estimate of drug-likeness (QED) is 0.521. The Morgan fingerprint density at radius 3 is 2.62 bits per heavy atom. The molecule has 4 rings (SSSR count). The maximum absolute atomic E-state index is 13.3. The summed E-state index contributed by atoms with van der Waals surface area (Å²) in [4.78, 5) is 39.9. The van der Waals surface area contributed by atoms with Crippen LogP contribution in [0.3, 0.4) is 0 Å². The predicted octanol–water partition coefficient (Wildman–Crippen LogP) is 1.39. The minimum absolute atomic E-state index is 0.0129. The van der Waals surface area contributed by atoms with Crippen LogP contribution in [0.1, 0.15) is 27.7 Å². The number of hydrogen-bond acceptors (Lipinski definition) is 5. The summed E-state index contributed by atoms with van der Waals surface area (Å²) in [5.74, 6) is -0.362. The summed E-state index contributed by atoms with van der Waals surface area (Å²) in [6, 6.07) is 12.1. The second kappa shape index (κ2) is 7.14. The molecule has 0 bridgehead atoms. The number of quaternary nitrogens is 1. The number of carbonyl (C=O) groups excluding carboxylic acids is 1. The molecule has 0 spiro atoms. The number of rotatable bonds is 5. The molecule has 2 heterocycles. The van der Waals surface area contributed by atoms with E-state index in [0.717, 1.165) is 4.90 Å². The Balaban J connectivity index is 1.94. The average molecular weight is 394 g/mol. The van der Waals surface area contributed by atoms with Gasteiger partial charge in [0, 0.05) is 12.1 Å². The number of benzene rings is 2. The van der Waals surface area contributed by atoms with E-state index in [1.807, 2.05) is 14.1 Å². The molecule has 1 atom stereocenters. The topological polar surface area (TPSA) is 98.1 Å². The van der Waals surface area contributed by atoms with Gasteiger partial charge in [0.25, 0.3) is 11.6 Å². The lowest BCUT2D eigenvalue weighted by atomic mass is 9.98. The van der Waals surface area contributed by atoms with Crippen LogP contribution in [0, 0.1) is 10.1 Å². The lowest BCUT2D eigenvalue weighted by molar-refractivity contribution is -0.857. The molecule has 0 aliphatic carbocycles. The van der Waals surface area contributed by atoms with Gasteiger partial charge in [-0.25, -0.2) is 0 Å². The third-order valence-corrected chi connectivity index (χ3v) is 5.12. The number of nitrogens with one attached hydrogen (secondary N) is 1. The van der Waals surface area contributed by atoms with Gasteiger partial charge in [-0.15, -0.1) is 0 Å². The van der Waals surface area contributed by atoms with Crippen molar-refractivity contribution in [2.45, 2.75) is 6.04 Å². The SMILES string of the molecule is C[NH+](C)CCN1C(=O)c2oc3ccccc3c(=O)c2[C@H]1c1cccc([N+](=O)[O-])c1. The monoisotopic (exact) mass is 394 g/mol. The molecule has 148 valence electrons. The van der Waals surface area contributed by atoms with Crippen LogP contribution in [0.5, 0.6) is 0 Å². The van der Waals surface area contributed by atoms with Gasteiger partial charge in [0.05, 0.1) is 49.1 Å². The summed E-state index contributed by atoms with van der Waals surface area (Å²) >= 11 is 0. The molecule has 1 amide bonds. The van der Waals surface area contributed by atoms with Crippen LogP contribution in [-0.2, 0) is 0 Å². The van der Waals surface area contributed by atoms with Gasteiger partial charge < -0.3 is 14.2 Å². The number of non-ortho nitro benzene ring substituents is 1. The maximum Gasteiger partial charge on any atom is 0.291 e. The van der Waals surface area contributed by atoms with E-state index in [-0.39, 0.29) is 28.3 Å². The van der Waals surface area contributed by atoms with E-state index in [1.54, 1.807) is 41.3 Å². The number of fused-ring (bicyclic) bond motifs is 2. The Morgan fingerprint density at radius 2 is 1.90 bits per heavy atom. The second-order valence-corrected chi connectivity index (χ2v) is 7.38. The number of para-hydroxylation sites is 1. The highest BCUT2D eigenvalue weighted by molar-refractivity contribution is 5.99. The molecule has 2 aromatic carbocycles. The van der Waals surface area contributed by atoms with E-state index in [2.05, 4.69) is 0 Å². The fourth-order valence-corrected chi connectivity index (χ4v) is 3.70. The Labute approximate surface area is 166 Å². The number of amides is 1. The summed E-state index contributed by atoms with van der Waals surface area (Å²) in [5.41, 5.74) is 0.728. The van der Waals surface area contributed by atoms with Crippen molar-refractivity contribution in [3.05, 3.63) is 85.8 Å². The van der Waals surface area contributed by atoms with E-state index in [4.69, 9.17) is 4.42 Å². The fourth-order valence-electron chi connectivity index (χ4n) is 3.70. The first-order valence-corrected chi connectivity index (χ1v) is 9.28. The van der Waals surface area contributed by atoms with Gasteiger partial charge >= 0.3 is 0 Å². The molecule has 8 heteroatoms. The normalized spacial score (nSPS) is 15.9. The summed E-state index contributed by atoms with van der Waals surface area (Å²) in [7, 11) is 3.93. The number of nitro groups is 1. The summed E-state index contributed by atoms with van der Waals surface area (Å²) < 4.78 is 5.83. The highest BCUT2D eigenvalue weighted by atomic mass is 16.6. The molecule has 0 unspecified atom stereocenters. The summed E-state index contributed by atoms with van der Waals surface area (Å²) in [6.07, 6.45) is 0. The number of carbonyl (C=O) groups is 1. The molecule has 0 saturated heterocycles. The Hall–Kier alpha value is -3.52. The van der Waals surface area contributed by atoms with Crippen LogP contribution in [0.4, 0.5) is 5.69 Å². The molecule has 0 saturated carbocycles. The molecular formula is C21H20N3O5+. The van der Waals surface area contributed by atoms with Crippen LogP contribution >= 0.6 is 0 Å². The lowest BCUT2D eigenvalue weighted by Gasteiger charge is -2.25. The van der Waals surface area contributed by atoms with Gasteiger partial charge in [-0.1, -0.05) is 24.3 Å². The fraction of sp³-hybridized carbons (Fsp3) is 0.238. The van der Waals surface area contributed by atoms with Crippen LogP contribution in [0.25, 0.3) is 11.0 Å². The van der Waals surface area contributed by atoms with Gasteiger partial charge in [0.1, 0.15) is 5.58 Å². The third kappa shape index (κ3) is 3.17. The zero-order valence-corrected chi connectivity index (χ0v) is 16.0. The molecule has 1 N–H and O–H groups in total. The minimum atomic E-state index is -0.724. The van der Waals surface area contributed by atoms with Gasteiger partial charge in [-0.3, -0.25) is 19.7 Å². The predicted molar refractivity (Wildman–Crippen MR) is 106 cm³/mol. The maximum atomic E-state index is 13.3. The van der Waals surface area contributed by atoms with E-state index < -0.39 is 11.0 Å². The first-order chi connectivity index (χ1) is 13.9. The first kappa shape index (κ1) is 18.8. The summed E-state index contributed by atoms with van der Waals surface area (Å²) in [5, 5.41) is 11.6. The molecule has 1 aliphatic rings. The van der Waals surface area contributed by atoms with Gasteiger partial charge in [-0.2, -0.15) is 0 Å². The van der Waals surface area contributed by atoms with Crippen molar-refractivity contribution in [1.29, 1.82) is 0 Å². The minimum Gasteiger partial charge on any atom is -0.450 e. The van der Waals surface area contributed by atoms with Crippen LogP contribution < -0.4 is 10.3 Å². The standard InChI is InChI=1S/C21H19N3O5/c1-22(2)10-11-23-18(13-6-5-7-14(12-13)24(27)28)17-19(25)15-8-3-4-9-16(15)29-20(17)21(23)26/h3-9,12,18H,10-11H2,1-2H3/p+1/t18-/m1/s1. The van der Waals surface area contributed by atoms with Crippen molar-refractivity contribution in [2.24, 2.45) is 0 Å². The highest BCUT2D eigenvalue weighted by Crippen LogP contribution is 2.38. The van der Waals surface area contributed by atoms with Crippen LogP contribution in [0.2, 0.25) is 0 Å². The van der Waals surface area contributed by atoms with E-state index in [9.17, 15) is 19.7 Å². The Kier molecular flexibility index (Phi) is 4.63. The third-order valence-electron chi connectivity index (χ3n) is 5.12. The number of nitrogens with zero attached hydrogens (tertiary/aromatic N) is 2. The van der Waals surface area contributed by atoms with Crippen molar-refractivity contribution in [3.63, 3.8) is 0 Å². The average Bonchev–Trinajstić information content (AvgIpc) is 2.99. The van der Waals surface area contributed by atoms with Crippen molar-refractivity contribution < 1.29 is 19.0 Å². The summed E-state index contributed by atoms with van der Waals surface area (Å²) in [6.45, 7) is 1.04. The molecular weight excluding hydrogens is 374 g/mol. The van der Waals surface area contributed by atoms with Crippen molar-refractivity contribution in [2.75, 3.05) is 27.2 Å².